The van der Waals surface area contributed by atoms with Crippen molar-refractivity contribution in [2.24, 2.45) is 4.99 Å². The van der Waals surface area contributed by atoms with Crippen molar-refractivity contribution in [2.45, 2.75) is 33.4 Å². The number of halogens is 1. The number of nitrogens with one attached hydrogen (secondary N) is 2. The SMILES string of the molecule is CCNC(=NCc1cccc(OC)n1)NCc1ncc(CC)s1.I. The number of rotatable bonds is 7. The number of guanidine groups is 1. The average molecular weight is 461 g/mol. The van der Waals surface area contributed by atoms with Crippen molar-refractivity contribution < 1.29 is 4.74 Å². The molecule has 0 saturated heterocycles. The van der Waals surface area contributed by atoms with Gasteiger partial charge in [0.05, 0.1) is 25.9 Å². The van der Waals surface area contributed by atoms with E-state index in [0.29, 0.717) is 19.0 Å². The summed E-state index contributed by atoms with van der Waals surface area (Å²) in [5.41, 5.74) is 0.865. The van der Waals surface area contributed by atoms with Crippen LogP contribution in [0.15, 0.2) is 29.4 Å². The lowest BCUT2D eigenvalue weighted by atomic mass is 10.3. The first-order valence-corrected chi connectivity index (χ1v) is 8.52. The predicted molar refractivity (Wildman–Crippen MR) is 109 cm³/mol. The van der Waals surface area contributed by atoms with Crippen LogP contribution in [0.25, 0.3) is 0 Å². The molecule has 0 spiro atoms. The van der Waals surface area contributed by atoms with E-state index in [4.69, 9.17) is 4.74 Å². The van der Waals surface area contributed by atoms with E-state index in [2.05, 4.69) is 32.5 Å². The predicted octanol–water partition coefficient (Wildman–Crippen LogP) is 2.98. The Morgan fingerprint density at radius 2 is 2.12 bits per heavy atom. The van der Waals surface area contributed by atoms with Gasteiger partial charge < -0.3 is 15.4 Å². The van der Waals surface area contributed by atoms with E-state index in [1.807, 2.05) is 31.3 Å². The summed E-state index contributed by atoms with van der Waals surface area (Å²) < 4.78 is 5.13. The molecule has 8 heteroatoms. The van der Waals surface area contributed by atoms with Crippen molar-refractivity contribution in [3.63, 3.8) is 0 Å². The average Bonchev–Trinajstić information content (AvgIpc) is 3.05. The molecule has 0 fully saturated rings. The summed E-state index contributed by atoms with van der Waals surface area (Å²) in [6, 6.07) is 5.67. The maximum atomic E-state index is 5.13. The molecule has 0 unspecified atom stereocenters. The van der Waals surface area contributed by atoms with Gasteiger partial charge >= 0.3 is 0 Å². The van der Waals surface area contributed by atoms with E-state index >= 15 is 0 Å². The second-order valence-electron chi connectivity index (χ2n) is 4.79. The zero-order valence-corrected chi connectivity index (χ0v) is 17.4. The van der Waals surface area contributed by atoms with Crippen LogP contribution in [0.1, 0.15) is 29.4 Å². The van der Waals surface area contributed by atoms with Crippen molar-refractivity contribution >= 4 is 41.3 Å². The molecular weight excluding hydrogens is 437 g/mol. The van der Waals surface area contributed by atoms with Crippen molar-refractivity contribution in [2.75, 3.05) is 13.7 Å². The van der Waals surface area contributed by atoms with E-state index in [-0.39, 0.29) is 24.0 Å². The van der Waals surface area contributed by atoms with Crippen LogP contribution in [-0.2, 0) is 19.5 Å². The summed E-state index contributed by atoms with van der Waals surface area (Å²) in [6.45, 7) is 6.14. The number of nitrogens with zero attached hydrogens (tertiary/aromatic N) is 3. The van der Waals surface area contributed by atoms with Crippen LogP contribution >= 0.6 is 35.3 Å². The Kier molecular flexibility index (Phi) is 9.62. The van der Waals surface area contributed by atoms with Gasteiger partial charge in [-0.25, -0.2) is 15.0 Å². The second-order valence-corrected chi connectivity index (χ2v) is 5.99. The van der Waals surface area contributed by atoms with E-state index in [0.717, 1.165) is 29.6 Å². The van der Waals surface area contributed by atoms with Gasteiger partial charge in [-0.2, -0.15) is 0 Å². The molecule has 0 amide bonds. The molecule has 6 nitrogen and oxygen atoms in total. The van der Waals surface area contributed by atoms with Crippen LogP contribution in [0.5, 0.6) is 5.88 Å². The zero-order chi connectivity index (χ0) is 16.5. The van der Waals surface area contributed by atoms with Crippen LogP contribution in [0.3, 0.4) is 0 Å². The van der Waals surface area contributed by atoms with Crippen LogP contribution in [-0.4, -0.2) is 29.6 Å². The first-order chi connectivity index (χ1) is 11.2. The lowest BCUT2D eigenvalue weighted by molar-refractivity contribution is 0.396. The Morgan fingerprint density at radius 1 is 1.29 bits per heavy atom. The highest BCUT2D eigenvalue weighted by molar-refractivity contribution is 14.0. The fraction of sp³-hybridized carbons (Fsp3) is 0.438. The summed E-state index contributed by atoms with van der Waals surface area (Å²) in [6.07, 6.45) is 2.96. The van der Waals surface area contributed by atoms with Crippen LogP contribution in [0.2, 0.25) is 0 Å². The van der Waals surface area contributed by atoms with E-state index in [1.165, 1.54) is 4.88 Å². The number of hydrogen-bond donors (Lipinski definition) is 2. The highest BCUT2D eigenvalue weighted by Gasteiger charge is 2.03. The Balaban J connectivity index is 0.00000288. The molecule has 2 heterocycles. The lowest BCUT2D eigenvalue weighted by Crippen LogP contribution is -2.36. The third-order valence-corrected chi connectivity index (χ3v) is 4.23. The van der Waals surface area contributed by atoms with Gasteiger partial charge in [0.1, 0.15) is 5.01 Å². The zero-order valence-electron chi connectivity index (χ0n) is 14.2. The van der Waals surface area contributed by atoms with E-state index in [9.17, 15) is 0 Å². The molecule has 2 aromatic rings. The molecule has 2 aromatic heterocycles. The summed E-state index contributed by atoms with van der Waals surface area (Å²) in [5, 5.41) is 7.59. The Hall–Kier alpha value is -1.42. The van der Waals surface area contributed by atoms with Crippen LogP contribution in [0.4, 0.5) is 0 Å². The molecule has 0 aliphatic heterocycles. The first-order valence-electron chi connectivity index (χ1n) is 7.70. The molecule has 2 N–H and O–H groups in total. The van der Waals surface area contributed by atoms with Gasteiger partial charge in [0.2, 0.25) is 5.88 Å². The fourth-order valence-electron chi connectivity index (χ4n) is 1.91. The molecule has 0 aromatic carbocycles. The van der Waals surface area contributed by atoms with Crippen molar-refractivity contribution in [1.29, 1.82) is 0 Å². The molecule has 2 rings (SSSR count). The number of methoxy groups -OCH3 is 1. The number of ether oxygens (including phenoxy) is 1. The molecular formula is C16H24IN5OS. The highest BCUT2D eigenvalue weighted by atomic mass is 127. The van der Waals surface area contributed by atoms with Crippen LogP contribution < -0.4 is 15.4 Å². The number of thiazole rings is 1. The van der Waals surface area contributed by atoms with Crippen molar-refractivity contribution in [1.82, 2.24) is 20.6 Å². The maximum Gasteiger partial charge on any atom is 0.213 e. The summed E-state index contributed by atoms with van der Waals surface area (Å²) in [7, 11) is 1.61. The number of aromatic nitrogens is 2. The molecule has 0 aliphatic rings. The largest absolute Gasteiger partial charge is 0.481 e. The summed E-state index contributed by atoms with van der Waals surface area (Å²) in [5.74, 6) is 1.36. The summed E-state index contributed by atoms with van der Waals surface area (Å²) >= 11 is 1.73. The molecule has 0 aliphatic carbocycles. The standard InChI is InChI=1S/C16H23N5OS.HI/c1-4-13-10-18-15(23-13)11-20-16(17-5-2)19-9-12-7-6-8-14(21-12)22-3;/h6-8,10H,4-5,9,11H2,1-3H3,(H2,17,19,20);1H. The third kappa shape index (κ3) is 6.60. The second kappa shape index (κ2) is 11.2. The van der Waals surface area contributed by atoms with Gasteiger partial charge in [-0.1, -0.05) is 13.0 Å². The van der Waals surface area contributed by atoms with E-state index in [1.54, 1.807) is 18.4 Å². The molecule has 0 bridgehead atoms. The van der Waals surface area contributed by atoms with Gasteiger partial charge in [0.25, 0.3) is 0 Å². The Bertz CT molecular complexity index is 647. The van der Waals surface area contributed by atoms with Crippen molar-refractivity contribution in [3.05, 3.63) is 40.0 Å². The maximum absolute atomic E-state index is 5.13. The monoisotopic (exact) mass is 461 g/mol. The Labute approximate surface area is 164 Å². The number of aryl methyl sites for hydroxylation is 1. The van der Waals surface area contributed by atoms with Gasteiger partial charge in [0, 0.05) is 23.7 Å². The van der Waals surface area contributed by atoms with Gasteiger partial charge in [-0.05, 0) is 19.4 Å². The lowest BCUT2D eigenvalue weighted by Gasteiger charge is -2.10. The highest BCUT2D eigenvalue weighted by Crippen LogP contribution is 2.12. The van der Waals surface area contributed by atoms with Crippen LogP contribution in [0, 0.1) is 0 Å². The fourth-order valence-corrected chi connectivity index (χ4v) is 2.72. The number of pyridine rings is 1. The molecule has 0 atom stereocenters. The third-order valence-electron chi connectivity index (χ3n) is 3.09. The molecule has 0 radical (unpaired) electrons. The number of hydrogen-bond acceptors (Lipinski definition) is 5. The van der Waals surface area contributed by atoms with Crippen molar-refractivity contribution in [3.8, 4) is 5.88 Å². The Morgan fingerprint density at radius 3 is 2.79 bits per heavy atom. The molecule has 0 saturated carbocycles. The smallest absolute Gasteiger partial charge is 0.213 e. The molecule has 132 valence electrons. The van der Waals surface area contributed by atoms with E-state index < -0.39 is 0 Å². The minimum Gasteiger partial charge on any atom is -0.481 e. The molecule has 24 heavy (non-hydrogen) atoms. The summed E-state index contributed by atoms with van der Waals surface area (Å²) in [4.78, 5) is 14.6. The van der Waals surface area contributed by atoms with Gasteiger partial charge in [-0.3, -0.25) is 0 Å². The normalized spacial score (nSPS) is 10.9. The minimum absolute atomic E-state index is 0. The van der Waals surface area contributed by atoms with Gasteiger partial charge in [0.15, 0.2) is 5.96 Å². The topological polar surface area (TPSA) is 71.4 Å². The quantitative estimate of drug-likeness (QED) is 0.377. The number of aliphatic imine (C=N–C) groups is 1. The van der Waals surface area contributed by atoms with Gasteiger partial charge in [-0.15, -0.1) is 35.3 Å². The first kappa shape index (κ1) is 20.6. The minimum atomic E-state index is 0.